The number of methoxy groups -OCH3 is 1. The summed E-state index contributed by atoms with van der Waals surface area (Å²) in [4.78, 5) is 31.3. The molecule has 162 valence electrons. The van der Waals surface area contributed by atoms with E-state index in [9.17, 15) is 9.59 Å². The maximum Gasteiger partial charge on any atom is 0.261 e. The Bertz CT molecular complexity index is 1100. The van der Waals surface area contributed by atoms with Gasteiger partial charge in [0.15, 0.2) is 0 Å². The smallest absolute Gasteiger partial charge is 0.261 e. The van der Waals surface area contributed by atoms with Crippen molar-refractivity contribution in [3.05, 3.63) is 65.4 Å². The summed E-state index contributed by atoms with van der Waals surface area (Å²) < 4.78 is 5.41. The topological polar surface area (TPSA) is 71.5 Å². The number of pyridine rings is 1. The first-order valence-electron chi connectivity index (χ1n) is 10.2. The molecule has 1 N–H and O–H groups in total. The molecular weight excluding hydrogens is 414 g/mol. The molecular formula is C24H26ClN3O3. The molecule has 0 saturated carbocycles. The van der Waals surface area contributed by atoms with Crippen molar-refractivity contribution >= 4 is 40.8 Å². The van der Waals surface area contributed by atoms with Gasteiger partial charge in [0.25, 0.3) is 11.8 Å². The Morgan fingerprint density at radius 3 is 2.39 bits per heavy atom. The number of nitrogens with zero attached hydrogens (tertiary/aromatic N) is 2. The molecule has 1 unspecified atom stereocenters. The number of imide groups is 1. The van der Waals surface area contributed by atoms with E-state index in [1.165, 1.54) is 4.90 Å². The summed E-state index contributed by atoms with van der Waals surface area (Å²) in [6.07, 6.45) is 1.52. The maximum absolute atomic E-state index is 12.6. The van der Waals surface area contributed by atoms with E-state index < -0.39 is 0 Å². The Labute approximate surface area is 188 Å². The third-order valence-electron chi connectivity index (χ3n) is 5.52. The second kappa shape index (κ2) is 9.35. The van der Waals surface area contributed by atoms with Gasteiger partial charge in [0, 0.05) is 29.7 Å². The van der Waals surface area contributed by atoms with Crippen LogP contribution >= 0.6 is 12.4 Å². The van der Waals surface area contributed by atoms with Gasteiger partial charge in [0.2, 0.25) is 0 Å². The normalized spacial score (nSPS) is 13.7. The van der Waals surface area contributed by atoms with Gasteiger partial charge >= 0.3 is 0 Å². The number of aryl methyl sites for hydroxylation is 1. The number of hydrogen-bond acceptors (Lipinski definition) is 5. The standard InChI is InChI=1S/C24H25N3O3.ClH/c1-15-10-11-17-13-18(30-3)14-21(22(17)26-15)25-12-6-7-16(2)27-23(28)19-8-4-5-9-20(19)24(27)29;/h4-5,8-11,13-14,16,25H,6-7,12H2,1-3H3;1H. The number of anilines is 1. The molecule has 7 heteroatoms. The van der Waals surface area contributed by atoms with Crippen molar-refractivity contribution in [3.63, 3.8) is 0 Å². The zero-order chi connectivity index (χ0) is 21.3. The van der Waals surface area contributed by atoms with Crippen molar-refractivity contribution in [2.75, 3.05) is 19.0 Å². The zero-order valence-corrected chi connectivity index (χ0v) is 18.7. The van der Waals surface area contributed by atoms with Crippen molar-refractivity contribution in [2.24, 2.45) is 0 Å². The van der Waals surface area contributed by atoms with E-state index in [4.69, 9.17) is 4.74 Å². The summed E-state index contributed by atoms with van der Waals surface area (Å²) in [5.74, 6) is 0.374. The van der Waals surface area contributed by atoms with Crippen LogP contribution in [0.1, 0.15) is 46.2 Å². The Morgan fingerprint density at radius 2 is 1.74 bits per heavy atom. The number of fused-ring (bicyclic) bond motifs is 2. The maximum atomic E-state index is 12.6. The molecule has 0 aliphatic carbocycles. The van der Waals surface area contributed by atoms with Crippen LogP contribution in [-0.2, 0) is 0 Å². The van der Waals surface area contributed by atoms with Crippen molar-refractivity contribution in [1.82, 2.24) is 9.88 Å². The molecule has 6 nitrogen and oxygen atoms in total. The minimum Gasteiger partial charge on any atom is -0.497 e. The van der Waals surface area contributed by atoms with E-state index in [0.29, 0.717) is 24.1 Å². The van der Waals surface area contributed by atoms with Gasteiger partial charge in [-0.1, -0.05) is 18.2 Å². The quantitative estimate of drug-likeness (QED) is 0.421. The van der Waals surface area contributed by atoms with Crippen molar-refractivity contribution in [2.45, 2.75) is 32.7 Å². The van der Waals surface area contributed by atoms with Crippen molar-refractivity contribution in [3.8, 4) is 5.75 Å². The number of halogens is 1. The lowest BCUT2D eigenvalue weighted by Gasteiger charge is -2.22. The number of hydrogen-bond donors (Lipinski definition) is 1. The Balaban J connectivity index is 0.00000272. The molecule has 2 heterocycles. The van der Waals surface area contributed by atoms with Gasteiger partial charge in [0.05, 0.1) is 29.4 Å². The molecule has 1 atom stereocenters. The van der Waals surface area contributed by atoms with Crippen LogP contribution in [0.3, 0.4) is 0 Å². The summed E-state index contributed by atoms with van der Waals surface area (Å²) in [6, 6.07) is 14.8. The molecule has 0 saturated heterocycles. The fraction of sp³-hybridized carbons (Fsp3) is 0.292. The summed E-state index contributed by atoms with van der Waals surface area (Å²) >= 11 is 0. The zero-order valence-electron chi connectivity index (χ0n) is 17.8. The summed E-state index contributed by atoms with van der Waals surface area (Å²) in [5, 5.41) is 4.46. The molecule has 1 aliphatic heterocycles. The Morgan fingerprint density at radius 1 is 1.06 bits per heavy atom. The monoisotopic (exact) mass is 439 g/mol. The van der Waals surface area contributed by atoms with Gasteiger partial charge < -0.3 is 10.1 Å². The lowest BCUT2D eigenvalue weighted by molar-refractivity contribution is 0.0589. The van der Waals surface area contributed by atoms with Crippen LogP contribution in [0.15, 0.2) is 48.5 Å². The molecule has 0 radical (unpaired) electrons. The molecule has 2 aromatic carbocycles. The van der Waals surface area contributed by atoms with Crippen LogP contribution in [0.2, 0.25) is 0 Å². The lowest BCUT2D eigenvalue weighted by Crippen LogP contribution is -2.38. The van der Waals surface area contributed by atoms with Gasteiger partial charge in [-0.25, -0.2) is 0 Å². The summed E-state index contributed by atoms with van der Waals surface area (Å²) in [5.41, 5.74) is 3.77. The molecule has 3 aromatic rings. The number of ether oxygens (including phenoxy) is 1. The number of rotatable bonds is 7. The first-order valence-corrected chi connectivity index (χ1v) is 10.2. The Hall–Kier alpha value is -3.12. The second-order valence-electron chi connectivity index (χ2n) is 7.64. The number of carbonyl (C=O) groups excluding carboxylic acids is 2. The average molecular weight is 440 g/mol. The number of carbonyl (C=O) groups is 2. The van der Waals surface area contributed by atoms with Gasteiger partial charge in [-0.2, -0.15) is 0 Å². The molecule has 2 amide bonds. The second-order valence-corrected chi connectivity index (χ2v) is 7.64. The molecule has 0 fully saturated rings. The summed E-state index contributed by atoms with van der Waals surface area (Å²) in [6.45, 7) is 4.59. The molecule has 1 aliphatic rings. The number of nitrogens with one attached hydrogen (secondary N) is 1. The first-order chi connectivity index (χ1) is 14.5. The highest BCUT2D eigenvalue weighted by molar-refractivity contribution is 6.21. The number of aromatic nitrogens is 1. The highest BCUT2D eigenvalue weighted by Crippen LogP contribution is 2.29. The highest BCUT2D eigenvalue weighted by Gasteiger charge is 2.37. The lowest BCUT2D eigenvalue weighted by atomic mass is 10.1. The van der Waals surface area contributed by atoms with E-state index in [0.717, 1.165) is 34.5 Å². The minimum atomic E-state index is -0.200. The molecule has 0 bridgehead atoms. The number of amides is 2. The third-order valence-corrected chi connectivity index (χ3v) is 5.52. The van der Waals surface area contributed by atoms with Gasteiger partial charge in [-0.05, 0) is 51.0 Å². The van der Waals surface area contributed by atoms with E-state index in [2.05, 4.69) is 10.3 Å². The molecule has 0 spiro atoms. The average Bonchev–Trinajstić information content (AvgIpc) is 3.01. The van der Waals surface area contributed by atoms with Crippen molar-refractivity contribution in [1.29, 1.82) is 0 Å². The van der Waals surface area contributed by atoms with Crippen molar-refractivity contribution < 1.29 is 14.3 Å². The van der Waals surface area contributed by atoms with Crippen LogP contribution in [0.5, 0.6) is 5.75 Å². The first kappa shape index (κ1) is 22.6. The fourth-order valence-corrected chi connectivity index (χ4v) is 3.92. The predicted octanol–water partition coefficient (Wildman–Crippen LogP) is 4.85. The molecule has 1 aromatic heterocycles. The van der Waals surface area contributed by atoms with E-state index >= 15 is 0 Å². The summed E-state index contributed by atoms with van der Waals surface area (Å²) in [7, 11) is 1.65. The van der Waals surface area contributed by atoms with Gasteiger partial charge in [-0.15, -0.1) is 12.4 Å². The largest absolute Gasteiger partial charge is 0.497 e. The molecule has 31 heavy (non-hydrogen) atoms. The molecule has 4 rings (SSSR count). The fourth-order valence-electron chi connectivity index (χ4n) is 3.92. The SMILES string of the molecule is COc1cc(NCCCC(C)N2C(=O)c3ccccc3C2=O)c2nc(C)ccc2c1.Cl. The van der Waals surface area contributed by atoms with Crippen LogP contribution in [0.4, 0.5) is 5.69 Å². The van der Waals surface area contributed by atoms with Crippen LogP contribution in [0, 0.1) is 6.92 Å². The third kappa shape index (κ3) is 4.35. The van der Waals surface area contributed by atoms with Crippen LogP contribution < -0.4 is 10.1 Å². The van der Waals surface area contributed by atoms with Crippen LogP contribution in [-0.4, -0.2) is 41.4 Å². The van der Waals surface area contributed by atoms with E-state index in [1.54, 1.807) is 31.4 Å². The van der Waals surface area contributed by atoms with Crippen LogP contribution in [0.25, 0.3) is 10.9 Å². The minimum absolute atomic E-state index is 0. The highest BCUT2D eigenvalue weighted by atomic mass is 35.5. The van der Waals surface area contributed by atoms with E-state index in [1.807, 2.05) is 38.1 Å². The number of benzene rings is 2. The van der Waals surface area contributed by atoms with E-state index in [-0.39, 0.29) is 30.3 Å². The van der Waals surface area contributed by atoms with Gasteiger partial charge in [-0.3, -0.25) is 19.5 Å². The predicted molar refractivity (Wildman–Crippen MR) is 124 cm³/mol. The van der Waals surface area contributed by atoms with Gasteiger partial charge in [0.1, 0.15) is 5.75 Å². The Kier molecular flexibility index (Phi) is 6.81.